The highest BCUT2D eigenvalue weighted by atomic mass is 32.1. The molecule has 2 N–H and O–H groups in total. The number of aromatic nitrogens is 3. The maximum absolute atomic E-state index is 12.7. The first-order chi connectivity index (χ1) is 16.1. The number of benzene rings is 1. The third-order valence-corrected chi connectivity index (χ3v) is 5.94. The van der Waals surface area contributed by atoms with Crippen LogP contribution in [0, 0.1) is 6.92 Å². The fourth-order valence-electron chi connectivity index (χ4n) is 3.09. The van der Waals surface area contributed by atoms with Gasteiger partial charge < -0.3 is 15.3 Å². The number of nitrogens with one attached hydrogen (secondary N) is 1. The summed E-state index contributed by atoms with van der Waals surface area (Å²) >= 11 is 1.46. The average Bonchev–Trinajstić information content (AvgIpc) is 3.25. The monoisotopic (exact) mass is 493 g/mol. The van der Waals surface area contributed by atoms with Gasteiger partial charge in [0.05, 0.1) is 5.69 Å². The van der Waals surface area contributed by atoms with Gasteiger partial charge >= 0.3 is 12.1 Å². The van der Waals surface area contributed by atoms with Gasteiger partial charge in [-0.25, -0.2) is 9.78 Å². The van der Waals surface area contributed by atoms with E-state index in [1.807, 2.05) is 43.3 Å². The maximum atomic E-state index is 12.7. The van der Waals surface area contributed by atoms with Gasteiger partial charge in [0.25, 0.3) is 5.91 Å². The molecular weight excluding hydrogens is 471 g/mol. The molecule has 1 amide bonds. The molecular formula is C22H22F3N5O3S. The lowest BCUT2D eigenvalue weighted by Gasteiger charge is -2.25. The first-order valence-corrected chi connectivity index (χ1v) is 11.2. The van der Waals surface area contributed by atoms with Crippen LogP contribution in [0.15, 0.2) is 36.4 Å². The lowest BCUT2D eigenvalue weighted by molar-refractivity contribution is -0.192. The van der Waals surface area contributed by atoms with Crippen LogP contribution in [-0.4, -0.2) is 44.9 Å². The van der Waals surface area contributed by atoms with Crippen molar-refractivity contribution in [2.45, 2.75) is 39.3 Å². The topological polar surface area (TPSA) is 108 Å². The van der Waals surface area contributed by atoms with Crippen LogP contribution in [0.1, 0.15) is 39.3 Å². The molecule has 0 aliphatic carbocycles. The van der Waals surface area contributed by atoms with Crippen molar-refractivity contribution in [3.05, 3.63) is 57.5 Å². The number of anilines is 3. The number of carboxylic acids is 1. The highest BCUT2D eigenvalue weighted by Gasteiger charge is 2.38. The molecule has 0 saturated heterocycles. The number of carbonyl (C=O) groups is 2. The Morgan fingerprint density at radius 3 is 2.38 bits per heavy atom. The van der Waals surface area contributed by atoms with Crippen LogP contribution in [0.5, 0.6) is 0 Å². The molecule has 0 atom stereocenters. The summed E-state index contributed by atoms with van der Waals surface area (Å²) in [5.41, 5.74) is 2.91. The van der Waals surface area contributed by atoms with E-state index in [2.05, 4.69) is 32.3 Å². The van der Waals surface area contributed by atoms with E-state index in [0.29, 0.717) is 5.01 Å². The molecule has 2 aromatic heterocycles. The number of thiazole rings is 1. The zero-order valence-electron chi connectivity index (χ0n) is 18.4. The summed E-state index contributed by atoms with van der Waals surface area (Å²) in [4.78, 5) is 29.4. The molecule has 0 fully saturated rings. The van der Waals surface area contributed by atoms with Crippen molar-refractivity contribution < 1.29 is 27.9 Å². The second kappa shape index (κ2) is 10.6. The van der Waals surface area contributed by atoms with Crippen LogP contribution in [0.4, 0.5) is 30.5 Å². The number of carboxylic acid groups (broad SMARTS) is 1. The van der Waals surface area contributed by atoms with Gasteiger partial charge in [0.15, 0.2) is 10.8 Å². The fraction of sp³-hybridized carbons (Fsp3) is 0.318. The molecule has 12 heteroatoms. The normalized spacial score (nSPS) is 12.9. The van der Waals surface area contributed by atoms with Crippen LogP contribution >= 0.6 is 11.3 Å². The number of fused-ring (bicyclic) bond motifs is 1. The number of nitrogens with zero attached hydrogens (tertiary/aromatic N) is 4. The minimum atomic E-state index is -5.08. The minimum Gasteiger partial charge on any atom is -0.475 e. The molecule has 0 bridgehead atoms. The van der Waals surface area contributed by atoms with Gasteiger partial charge in [-0.3, -0.25) is 4.79 Å². The Labute approximate surface area is 197 Å². The molecule has 3 aromatic rings. The molecule has 3 heterocycles. The number of rotatable bonds is 4. The van der Waals surface area contributed by atoms with Crippen molar-refractivity contribution in [1.82, 2.24) is 15.2 Å². The predicted molar refractivity (Wildman–Crippen MR) is 122 cm³/mol. The molecule has 0 radical (unpaired) electrons. The number of aliphatic carboxylic acids is 1. The van der Waals surface area contributed by atoms with E-state index >= 15 is 0 Å². The van der Waals surface area contributed by atoms with E-state index in [1.54, 1.807) is 0 Å². The van der Waals surface area contributed by atoms with E-state index < -0.39 is 12.1 Å². The Hall–Kier alpha value is -3.54. The third kappa shape index (κ3) is 6.28. The summed E-state index contributed by atoms with van der Waals surface area (Å²) in [7, 11) is 0. The molecule has 34 heavy (non-hydrogen) atoms. The summed E-state index contributed by atoms with van der Waals surface area (Å²) < 4.78 is 31.7. The van der Waals surface area contributed by atoms with Crippen molar-refractivity contribution in [1.29, 1.82) is 0 Å². The molecule has 1 aliphatic heterocycles. The molecule has 180 valence electrons. The lowest BCUT2D eigenvalue weighted by Crippen LogP contribution is -2.25. The number of hydrogen-bond acceptors (Lipinski definition) is 7. The summed E-state index contributed by atoms with van der Waals surface area (Å²) in [5.74, 6) is -1.33. The third-order valence-electron chi connectivity index (χ3n) is 4.84. The lowest BCUT2D eigenvalue weighted by atomic mass is 10.1. The molecule has 0 spiro atoms. The van der Waals surface area contributed by atoms with Crippen LogP contribution < -0.4 is 10.2 Å². The standard InChI is InChI=1S/C20H21N5OS.C2HF3O2/c1-3-14-7-9-15(10-8-14)21-19(26)20-22-18-16(27-20)5-4-12-25(18)17-11-6-13(2)23-24-17;3-2(4,5)1(6)7/h6-11H,3-5,12H2,1-2H3,(H,21,26);(H,6,7). The van der Waals surface area contributed by atoms with E-state index in [-0.39, 0.29) is 5.91 Å². The molecule has 1 aromatic carbocycles. The highest BCUT2D eigenvalue weighted by molar-refractivity contribution is 7.14. The molecule has 0 unspecified atom stereocenters. The van der Waals surface area contributed by atoms with Crippen LogP contribution in [-0.2, 0) is 17.6 Å². The van der Waals surface area contributed by atoms with E-state index in [4.69, 9.17) is 9.90 Å². The van der Waals surface area contributed by atoms with Crippen molar-refractivity contribution >= 4 is 40.5 Å². The second-order valence-corrected chi connectivity index (χ2v) is 8.45. The number of carbonyl (C=O) groups excluding carboxylic acids is 1. The smallest absolute Gasteiger partial charge is 0.475 e. The summed E-state index contributed by atoms with van der Waals surface area (Å²) in [6.07, 6.45) is -2.17. The number of hydrogen-bond donors (Lipinski definition) is 2. The molecule has 0 saturated carbocycles. The summed E-state index contributed by atoms with van der Waals surface area (Å²) in [5, 5.41) is 19.0. The number of aryl methyl sites for hydroxylation is 3. The largest absolute Gasteiger partial charge is 0.490 e. The zero-order chi connectivity index (χ0) is 24.9. The van der Waals surface area contributed by atoms with Gasteiger partial charge in [0.2, 0.25) is 0 Å². The van der Waals surface area contributed by atoms with Gasteiger partial charge in [0, 0.05) is 17.1 Å². The maximum Gasteiger partial charge on any atom is 0.490 e. The van der Waals surface area contributed by atoms with Crippen molar-refractivity contribution in [3.63, 3.8) is 0 Å². The van der Waals surface area contributed by atoms with Crippen LogP contribution in [0.25, 0.3) is 0 Å². The predicted octanol–water partition coefficient (Wildman–Crippen LogP) is 4.77. The summed E-state index contributed by atoms with van der Waals surface area (Å²) in [6.45, 7) is 4.85. The first-order valence-electron chi connectivity index (χ1n) is 10.4. The Morgan fingerprint density at radius 2 is 1.82 bits per heavy atom. The fourth-order valence-corrected chi connectivity index (χ4v) is 4.09. The Bertz CT molecular complexity index is 1150. The van der Waals surface area contributed by atoms with Gasteiger partial charge in [-0.2, -0.15) is 18.3 Å². The Balaban J connectivity index is 0.000000406. The van der Waals surface area contributed by atoms with Crippen molar-refractivity contribution in [2.75, 3.05) is 16.8 Å². The van der Waals surface area contributed by atoms with Crippen molar-refractivity contribution in [3.8, 4) is 0 Å². The van der Waals surface area contributed by atoms with Crippen molar-refractivity contribution in [2.24, 2.45) is 0 Å². The van der Waals surface area contributed by atoms with E-state index in [1.165, 1.54) is 16.9 Å². The second-order valence-electron chi connectivity index (χ2n) is 7.36. The van der Waals surface area contributed by atoms with Gasteiger partial charge in [-0.15, -0.1) is 16.4 Å². The van der Waals surface area contributed by atoms with Crippen LogP contribution in [0.3, 0.4) is 0 Å². The molecule has 4 rings (SSSR count). The Morgan fingerprint density at radius 1 is 1.15 bits per heavy atom. The number of halogens is 3. The zero-order valence-corrected chi connectivity index (χ0v) is 19.2. The number of amides is 1. The van der Waals surface area contributed by atoms with Crippen LogP contribution in [0.2, 0.25) is 0 Å². The molecule has 8 nitrogen and oxygen atoms in total. The number of alkyl halides is 3. The van der Waals surface area contributed by atoms with E-state index in [9.17, 15) is 18.0 Å². The molecule has 1 aliphatic rings. The van der Waals surface area contributed by atoms with Gasteiger partial charge in [-0.1, -0.05) is 19.1 Å². The Kier molecular flexibility index (Phi) is 7.82. The SMILES string of the molecule is CCc1ccc(NC(=O)c2nc3c(s2)CCCN3c2ccc(C)nn2)cc1.O=C(O)C(F)(F)F. The van der Waals surface area contributed by atoms with E-state index in [0.717, 1.165) is 53.7 Å². The van der Waals surface area contributed by atoms with Gasteiger partial charge in [0.1, 0.15) is 5.82 Å². The minimum absolute atomic E-state index is 0.173. The quantitative estimate of drug-likeness (QED) is 0.539. The first kappa shape index (κ1) is 25.1. The average molecular weight is 494 g/mol. The highest BCUT2D eigenvalue weighted by Crippen LogP contribution is 2.35. The summed E-state index contributed by atoms with van der Waals surface area (Å²) in [6, 6.07) is 11.8. The van der Waals surface area contributed by atoms with Gasteiger partial charge in [-0.05, 0) is 56.0 Å².